The van der Waals surface area contributed by atoms with Crippen molar-refractivity contribution in [2.75, 3.05) is 13.1 Å². The van der Waals surface area contributed by atoms with Crippen LogP contribution in [0.1, 0.15) is 12.0 Å². The van der Waals surface area contributed by atoms with Crippen molar-refractivity contribution in [3.63, 3.8) is 0 Å². The van der Waals surface area contributed by atoms with Gasteiger partial charge < -0.3 is 10.6 Å². The molecule has 0 spiro atoms. The summed E-state index contributed by atoms with van der Waals surface area (Å²) in [6.07, 6.45) is 0.587. The van der Waals surface area contributed by atoms with Crippen LogP contribution in [0, 0.1) is 5.92 Å². The van der Waals surface area contributed by atoms with Gasteiger partial charge in [0.25, 0.3) is 0 Å². The standard InChI is InChI=1S/C12H15ClN2O/c13-11-3-1-9(2-4-11)7-15-8-10(6-14)5-12(15)16/h1-4,10H,5-8,14H2. The number of hydrogen-bond donors (Lipinski definition) is 1. The lowest BCUT2D eigenvalue weighted by atomic mass is 10.1. The second-order valence-electron chi connectivity index (χ2n) is 4.21. The van der Waals surface area contributed by atoms with Crippen LogP contribution in [0.5, 0.6) is 0 Å². The van der Waals surface area contributed by atoms with Crippen molar-refractivity contribution in [3.8, 4) is 0 Å². The highest BCUT2D eigenvalue weighted by Gasteiger charge is 2.28. The first-order chi connectivity index (χ1) is 7.69. The number of rotatable bonds is 3. The largest absolute Gasteiger partial charge is 0.338 e. The Bertz CT molecular complexity index is 377. The van der Waals surface area contributed by atoms with Gasteiger partial charge in [-0.05, 0) is 30.2 Å². The van der Waals surface area contributed by atoms with Gasteiger partial charge in [-0.15, -0.1) is 0 Å². The first kappa shape index (κ1) is 11.4. The van der Waals surface area contributed by atoms with E-state index in [1.54, 1.807) is 0 Å². The van der Waals surface area contributed by atoms with E-state index in [9.17, 15) is 4.79 Å². The lowest BCUT2D eigenvalue weighted by molar-refractivity contribution is -0.128. The molecule has 0 aromatic heterocycles. The van der Waals surface area contributed by atoms with Crippen LogP contribution in [0.2, 0.25) is 5.02 Å². The molecule has 1 saturated heterocycles. The minimum Gasteiger partial charge on any atom is -0.338 e. The summed E-state index contributed by atoms with van der Waals surface area (Å²) in [6, 6.07) is 7.59. The molecule has 1 fully saturated rings. The van der Waals surface area contributed by atoms with Crippen molar-refractivity contribution < 1.29 is 4.79 Å². The minimum absolute atomic E-state index is 0.199. The molecule has 1 aromatic rings. The summed E-state index contributed by atoms with van der Waals surface area (Å²) >= 11 is 5.81. The van der Waals surface area contributed by atoms with Crippen molar-refractivity contribution in [2.24, 2.45) is 11.7 Å². The molecular weight excluding hydrogens is 224 g/mol. The van der Waals surface area contributed by atoms with Gasteiger partial charge in [-0.2, -0.15) is 0 Å². The molecule has 16 heavy (non-hydrogen) atoms. The summed E-state index contributed by atoms with van der Waals surface area (Å²) in [4.78, 5) is 13.5. The van der Waals surface area contributed by atoms with E-state index in [4.69, 9.17) is 17.3 Å². The summed E-state index contributed by atoms with van der Waals surface area (Å²) in [5.41, 5.74) is 6.68. The van der Waals surface area contributed by atoms with E-state index in [1.165, 1.54) is 0 Å². The summed E-state index contributed by atoms with van der Waals surface area (Å²) in [5, 5.41) is 0.719. The summed E-state index contributed by atoms with van der Waals surface area (Å²) < 4.78 is 0. The van der Waals surface area contributed by atoms with Crippen LogP contribution in [0.25, 0.3) is 0 Å². The lowest BCUT2D eigenvalue weighted by Gasteiger charge is -2.16. The Labute approximate surface area is 100 Å². The van der Waals surface area contributed by atoms with Gasteiger partial charge in [0.05, 0.1) is 0 Å². The summed E-state index contributed by atoms with van der Waals surface area (Å²) in [7, 11) is 0. The molecule has 1 aromatic carbocycles. The predicted molar refractivity (Wildman–Crippen MR) is 64.0 cm³/mol. The molecule has 2 rings (SSSR count). The van der Waals surface area contributed by atoms with Crippen LogP contribution < -0.4 is 5.73 Å². The Morgan fingerprint density at radius 3 is 2.62 bits per heavy atom. The fourth-order valence-electron chi connectivity index (χ4n) is 1.97. The van der Waals surface area contributed by atoms with Crippen molar-refractivity contribution in [1.82, 2.24) is 4.90 Å². The molecule has 4 heteroatoms. The monoisotopic (exact) mass is 238 g/mol. The van der Waals surface area contributed by atoms with E-state index < -0.39 is 0 Å². The first-order valence-electron chi connectivity index (χ1n) is 5.41. The van der Waals surface area contributed by atoms with Crippen LogP contribution in [-0.2, 0) is 11.3 Å². The van der Waals surface area contributed by atoms with E-state index in [0.29, 0.717) is 25.4 Å². The molecule has 1 heterocycles. The fourth-order valence-corrected chi connectivity index (χ4v) is 2.10. The van der Waals surface area contributed by atoms with E-state index in [1.807, 2.05) is 29.2 Å². The van der Waals surface area contributed by atoms with Crippen molar-refractivity contribution in [3.05, 3.63) is 34.9 Å². The molecular formula is C12H15ClN2O. The Hall–Kier alpha value is -1.06. The fraction of sp³-hybridized carbons (Fsp3) is 0.417. The van der Waals surface area contributed by atoms with E-state index in [2.05, 4.69) is 0 Å². The second kappa shape index (κ2) is 4.85. The highest BCUT2D eigenvalue weighted by atomic mass is 35.5. The lowest BCUT2D eigenvalue weighted by Crippen LogP contribution is -2.25. The summed E-state index contributed by atoms with van der Waals surface area (Å²) in [5.74, 6) is 0.519. The predicted octanol–water partition coefficient (Wildman–Crippen LogP) is 1.65. The van der Waals surface area contributed by atoms with Gasteiger partial charge in [-0.3, -0.25) is 4.79 Å². The highest BCUT2D eigenvalue weighted by Crippen LogP contribution is 2.19. The third-order valence-electron chi connectivity index (χ3n) is 2.91. The van der Waals surface area contributed by atoms with Gasteiger partial charge in [-0.25, -0.2) is 0 Å². The Balaban J connectivity index is 2.00. The number of carbonyl (C=O) groups excluding carboxylic acids is 1. The zero-order valence-electron chi connectivity index (χ0n) is 9.03. The van der Waals surface area contributed by atoms with Crippen LogP contribution in [0.3, 0.4) is 0 Å². The Kier molecular flexibility index (Phi) is 3.46. The van der Waals surface area contributed by atoms with Gasteiger partial charge in [0, 0.05) is 24.5 Å². The zero-order valence-corrected chi connectivity index (χ0v) is 9.78. The molecule has 0 saturated carbocycles. The number of benzene rings is 1. The van der Waals surface area contributed by atoms with E-state index >= 15 is 0 Å². The van der Waals surface area contributed by atoms with E-state index in [0.717, 1.165) is 17.1 Å². The number of halogens is 1. The molecule has 86 valence electrons. The van der Waals surface area contributed by atoms with Crippen LogP contribution in [-0.4, -0.2) is 23.9 Å². The van der Waals surface area contributed by atoms with Crippen molar-refractivity contribution >= 4 is 17.5 Å². The highest BCUT2D eigenvalue weighted by molar-refractivity contribution is 6.30. The van der Waals surface area contributed by atoms with E-state index in [-0.39, 0.29) is 5.91 Å². The molecule has 1 unspecified atom stereocenters. The number of nitrogens with zero attached hydrogens (tertiary/aromatic N) is 1. The molecule has 0 radical (unpaired) electrons. The third kappa shape index (κ3) is 2.54. The van der Waals surface area contributed by atoms with Crippen LogP contribution >= 0.6 is 11.6 Å². The Morgan fingerprint density at radius 1 is 1.38 bits per heavy atom. The maximum atomic E-state index is 11.7. The van der Waals surface area contributed by atoms with Gasteiger partial charge in [0.15, 0.2) is 0 Å². The van der Waals surface area contributed by atoms with Crippen LogP contribution in [0.15, 0.2) is 24.3 Å². The van der Waals surface area contributed by atoms with Crippen molar-refractivity contribution in [2.45, 2.75) is 13.0 Å². The maximum Gasteiger partial charge on any atom is 0.223 e. The molecule has 1 amide bonds. The molecule has 1 aliphatic heterocycles. The molecule has 2 N–H and O–H groups in total. The number of hydrogen-bond acceptors (Lipinski definition) is 2. The number of amides is 1. The van der Waals surface area contributed by atoms with Gasteiger partial charge in [-0.1, -0.05) is 23.7 Å². The number of carbonyl (C=O) groups is 1. The molecule has 1 atom stereocenters. The molecule has 0 bridgehead atoms. The second-order valence-corrected chi connectivity index (χ2v) is 4.64. The number of likely N-dealkylation sites (tertiary alicyclic amines) is 1. The average Bonchev–Trinajstić information content (AvgIpc) is 2.63. The van der Waals surface area contributed by atoms with Gasteiger partial charge >= 0.3 is 0 Å². The molecule has 3 nitrogen and oxygen atoms in total. The number of nitrogens with two attached hydrogens (primary N) is 1. The maximum absolute atomic E-state index is 11.7. The Morgan fingerprint density at radius 2 is 2.06 bits per heavy atom. The average molecular weight is 239 g/mol. The first-order valence-corrected chi connectivity index (χ1v) is 5.79. The zero-order chi connectivity index (χ0) is 11.5. The van der Waals surface area contributed by atoms with Gasteiger partial charge in [0.2, 0.25) is 5.91 Å². The topological polar surface area (TPSA) is 46.3 Å². The molecule has 0 aliphatic carbocycles. The summed E-state index contributed by atoms with van der Waals surface area (Å²) in [6.45, 7) is 2.02. The minimum atomic E-state index is 0.199. The smallest absolute Gasteiger partial charge is 0.223 e. The normalized spacial score (nSPS) is 20.5. The third-order valence-corrected chi connectivity index (χ3v) is 3.17. The van der Waals surface area contributed by atoms with Crippen LogP contribution in [0.4, 0.5) is 0 Å². The van der Waals surface area contributed by atoms with Gasteiger partial charge in [0.1, 0.15) is 0 Å². The van der Waals surface area contributed by atoms with Crippen molar-refractivity contribution in [1.29, 1.82) is 0 Å². The SMILES string of the molecule is NCC1CC(=O)N(Cc2ccc(Cl)cc2)C1. The molecule has 1 aliphatic rings. The quantitative estimate of drug-likeness (QED) is 0.871.